The molecule has 0 spiro atoms. The lowest BCUT2D eigenvalue weighted by molar-refractivity contribution is 0.0939. The fourth-order valence-electron chi connectivity index (χ4n) is 3.73. The molecule has 5 radical (unpaired) electrons. The lowest BCUT2D eigenvalue weighted by Gasteiger charge is -2.28. The Kier molecular flexibility index (Phi) is 10.4. The van der Waals surface area contributed by atoms with Crippen molar-refractivity contribution in [3.05, 3.63) is 113 Å². The van der Waals surface area contributed by atoms with Gasteiger partial charge in [0.1, 0.15) is 13.2 Å². The molecule has 1 saturated carbocycles. The minimum atomic E-state index is -0.738. The molecule has 1 unspecified atom stereocenters. The number of amides is 2. The van der Waals surface area contributed by atoms with E-state index < -0.39 is 12.2 Å². The number of benzene rings is 2. The first-order valence-electron chi connectivity index (χ1n) is 12.0. The number of hydrazine groups is 1. The molecule has 0 aromatic heterocycles. The Morgan fingerprint density at radius 2 is 1.27 bits per heavy atom. The lowest BCUT2D eigenvalue weighted by atomic mass is 9.89. The summed E-state index contributed by atoms with van der Waals surface area (Å²) in [6.07, 6.45) is 0.658. The van der Waals surface area contributed by atoms with E-state index >= 15 is 0 Å². The summed E-state index contributed by atoms with van der Waals surface area (Å²) in [6, 6.07) is 18.8. The van der Waals surface area contributed by atoms with Gasteiger partial charge in [0.2, 0.25) is 0 Å². The summed E-state index contributed by atoms with van der Waals surface area (Å²) in [5.41, 5.74) is 5.12. The third-order valence-corrected chi connectivity index (χ3v) is 7.63. The van der Waals surface area contributed by atoms with Gasteiger partial charge in [0.05, 0.1) is 14.2 Å². The van der Waals surface area contributed by atoms with Crippen LogP contribution in [0, 0.1) is 29.6 Å². The molecule has 0 heterocycles. The first-order valence-corrected chi connectivity index (χ1v) is 13.0. The molecular weight excluding hydrogens is 485 g/mol. The summed E-state index contributed by atoms with van der Waals surface area (Å²) in [5.74, 6) is 6.04. The molecule has 0 aliphatic heterocycles. The van der Waals surface area contributed by atoms with Crippen molar-refractivity contribution in [3.8, 4) is 0 Å². The molecule has 2 amide bonds. The van der Waals surface area contributed by atoms with Crippen molar-refractivity contribution in [2.75, 3.05) is 14.1 Å². The predicted octanol–water partition coefficient (Wildman–Crippen LogP) is 6.43. The van der Waals surface area contributed by atoms with E-state index in [0.29, 0.717) is 0 Å². The second-order valence-corrected chi connectivity index (χ2v) is 10.2. The topological polar surface area (TPSA) is 71.1 Å². The second kappa shape index (κ2) is 13.5. The van der Waals surface area contributed by atoms with Crippen LogP contribution < -0.4 is 5.43 Å². The van der Waals surface area contributed by atoms with Gasteiger partial charge in [-0.15, -0.1) is 0 Å². The number of carbonyl (C=O) groups is 2. The first-order chi connectivity index (χ1) is 17.7. The van der Waals surface area contributed by atoms with Crippen molar-refractivity contribution in [1.82, 2.24) is 15.1 Å². The molecule has 0 saturated heterocycles. The molecule has 1 fully saturated rings. The van der Waals surface area contributed by atoms with Gasteiger partial charge in [-0.3, -0.25) is 0 Å². The third kappa shape index (κ3) is 7.96. The van der Waals surface area contributed by atoms with Crippen LogP contribution in [-0.2, 0) is 22.7 Å². The average molecular weight is 521 g/mol. The van der Waals surface area contributed by atoms with E-state index in [-0.39, 0.29) is 21.9 Å². The summed E-state index contributed by atoms with van der Waals surface area (Å²) in [4.78, 5) is 27.7. The Bertz CT molecular complexity index is 1030. The highest BCUT2D eigenvalue weighted by molar-refractivity contribution is 7.41. The fraction of sp³-hybridized carbons (Fsp3) is 0.276. The zero-order valence-electron chi connectivity index (χ0n) is 22.3. The van der Waals surface area contributed by atoms with Crippen molar-refractivity contribution in [2.24, 2.45) is 0 Å². The highest BCUT2D eigenvalue weighted by atomic mass is 31.1. The van der Waals surface area contributed by atoms with Crippen LogP contribution in [0.15, 0.2) is 72.2 Å². The fourth-order valence-corrected chi connectivity index (χ4v) is 4.67. The summed E-state index contributed by atoms with van der Waals surface area (Å²) < 4.78 is 12.1. The molecule has 2 aromatic carbocycles. The molecule has 8 heteroatoms. The normalized spacial score (nSPS) is 16.3. The van der Waals surface area contributed by atoms with Crippen LogP contribution in [0.5, 0.6) is 0 Å². The second-order valence-electron chi connectivity index (χ2n) is 9.00. The monoisotopic (exact) mass is 520 g/mol. The van der Waals surface area contributed by atoms with E-state index in [4.69, 9.17) is 9.47 Å². The Hall–Kier alpha value is -3.05. The number of allylic oxidation sites excluding steroid dienone is 1. The smallest absolute Gasteiger partial charge is 0.432 e. The summed E-state index contributed by atoms with van der Waals surface area (Å²) in [5, 5.41) is 0. The third-order valence-electron chi connectivity index (χ3n) is 6.29. The van der Waals surface area contributed by atoms with E-state index in [9.17, 15) is 9.59 Å². The van der Waals surface area contributed by atoms with Crippen molar-refractivity contribution in [3.63, 3.8) is 0 Å². The van der Waals surface area contributed by atoms with Crippen LogP contribution in [0.1, 0.15) is 38.8 Å². The van der Waals surface area contributed by atoms with Gasteiger partial charge in [-0.2, -0.15) is 4.78 Å². The van der Waals surface area contributed by atoms with Crippen molar-refractivity contribution < 1.29 is 19.1 Å². The highest BCUT2D eigenvalue weighted by Crippen LogP contribution is 2.53. The molecule has 0 bridgehead atoms. The quantitative estimate of drug-likeness (QED) is 0.321. The predicted molar refractivity (Wildman–Crippen MR) is 147 cm³/mol. The maximum Gasteiger partial charge on any atom is 0.432 e. The molecule has 1 atom stereocenters. The van der Waals surface area contributed by atoms with Gasteiger partial charge in [-0.25, -0.2) is 15.0 Å². The summed E-state index contributed by atoms with van der Waals surface area (Å²) in [6.45, 7) is 8.60. The summed E-state index contributed by atoms with van der Waals surface area (Å²) in [7, 11) is 3.58. The molecular formula is C29H35N3O4P. The Morgan fingerprint density at radius 3 is 1.76 bits per heavy atom. The van der Waals surface area contributed by atoms with Crippen LogP contribution in [0.4, 0.5) is 9.59 Å². The highest BCUT2D eigenvalue weighted by Gasteiger charge is 2.42. The number of rotatable bonds is 8. The van der Waals surface area contributed by atoms with Gasteiger partial charge in [0.25, 0.3) is 0 Å². The van der Waals surface area contributed by atoms with Crippen LogP contribution in [0.3, 0.4) is 0 Å². The van der Waals surface area contributed by atoms with Gasteiger partial charge in [0.15, 0.2) is 0 Å². The maximum absolute atomic E-state index is 13.1. The van der Waals surface area contributed by atoms with Gasteiger partial charge in [-0.1, -0.05) is 94.4 Å². The van der Waals surface area contributed by atoms with Gasteiger partial charge < -0.3 is 14.4 Å². The number of carbonyl (C=O) groups excluding carboxylic acids is 2. The summed E-state index contributed by atoms with van der Waals surface area (Å²) >= 11 is 0. The number of ether oxygens (including phenoxy) is 2. The van der Waals surface area contributed by atoms with E-state index in [0.717, 1.165) is 22.5 Å². The zero-order chi connectivity index (χ0) is 26.9. The SMILES string of the molecule is C[C]1[C](C)[C](C)[C](/C=C(\PN(NC(=O)OCc2ccccc2)C(=O)OCc2ccccc2)N(C)C)[C]1C. The van der Waals surface area contributed by atoms with Crippen molar-refractivity contribution >= 4 is 20.9 Å². The molecule has 195 valence electrons. The molecule has 7 nitrogen and oxygen atoms in total. The Balaban J connectivity index is 1.75. The lowest BCUT2D eigenvalue weighted by Crippen LogP contribution is -2.41. The number of nitrogens with zero attached hydrogens (tertiary/aromatic N) is 2. The first kappa shape index (κ1) is 28.5. The van der Waals surface area contributed by atoms with Crippen molar-refractivity contribution in [2.45, 2.75) is 40.9 Å². The number of hydrogen-bond donors (Lipinski definition) is 1. The van der Waals surface area contributed by atoms with E-state index in [1.165, 1.54) is 28.5 Å². The minimum absolute atomic E-state index is 0.0852. The molecule has 3 rings (SSSR count). The molecule has 1 aliphatic rings. The average Bonchev–Trinajstić information content (AvgIpc) is 3.08. The zero-order valence-corrected chi connectivity index (χ0v) is 23.3. The Morgan fingerprint density at radius 1 is 0.784 bits per heavy atom. The van der Waals surface area contributed by atoms with Crippen molar-refractivity contribution in [1.29, 1.82) is 0 Å². The van der Waals surface area contributed by atoms with Gasteiger partial charge >= 0.3 is 12.2 Å². The van der Waals surface area contributed by atoms with Crippen LogP contribution >= 0.6 is 8.73 Å². The number of nitrogens with one attached hydrogen (secondary N) is 1. The Labute approximate surface area is 223 Å². The van der Waals surface area contributed by atoms with Gasteiger partial charge in [0, 0.05) is 20.0 Å². The minimum Gasteiger partial charge on any atom is -0.443 e. The van der Waals surface area contributed by atoms with Crippen LogP contribution in [-0.4, -0.2) is 36.0 Å². The van der Waals surface area contributed by atoms with E-state index in [1.54, 1.807) is 0 Å². The van der Waals surface area contributed by atoms with E-state index in [2.05, 4.69) is 39.2 Å². The molecule has 1 aliphatic carbocycles. The number of hydrogen-bond acceptors (Lipinski definition) is 5. The molecule has 1 N–H and O–H groups in total. The maximum atomic E-state index is 13.1. The largest absolute Gasteiger partial charge is 0.443 e. The van der Waals surface area contributed by atoms with Crippen LogP contribution in [0.2, 0.25) is 0 Å². The molecule has 2 aromatic rings. The van der Waals surface area contributed by atoms with Gasteiger partial charge in [-0.05, 0) is 34.8 Å². The van der Waals surface area contributed by atoms with Crippen LogP contribution in [0.25, 0.3) is 0 Å². The standard InChI is InChI=1S/C29H35N3O4P/c1-20-21(2)23(4)26(22(20)3)17-27(31(5)6)37-32(29(34)36-19-25-15-11-8-12-16-25)30-28(33)35-18-24-13-9-7-10-14-24/h7-17,37H,18-19H2,1-6H3,(H,30,33)/b27-17-. The molecule has 37 heavy (non-hydrogen) atoms. The van der Waals surface area contributed by atoms with E-state index in [1.807, 2.05) is 79.7 Å².